The van der Waals surface area contributed by atoms with Crippen molar-refractivity contribution in [1.29, 1.82) is 0 Å². The molecule has 2 unspecified atom stereocenters. The van der Waals surface area contributed by atoms with Gasteiger partial charge >= 0.3 is 0 Å². The lowest BCUT2D eigenvalue weighted by Gasteiger charge is -2.51. The predicted molar refractivity (Wildman–Crippen MR) is 269 cm³/mol. The van der Waals surface area contributed by atoms with Crippen molar-refractivity contribution in [3.05, 3.63) is 205 Å². The molecule has 2 aliphatic carbocycles. The van der Waals surface area contributed by atoms with Gasteiger partial charge in [0.1, 0.15) is 0 Å². The van der Waals surface area contributed by atoms with Gasteiger partial charge in [-0.15, -0.1) is 0 Å². The summed E-state index contributed by atoms with van der Waals surface area (Å²) in [5.41, 5.74) is 14.2. The standard InChI is InChI=1S/C60H47N5/c1-58(2)48-33-30-39-36-49(48)59(3,4)60(58,5)42-23-10-9-20-41(35-42)56-61-55(40-22-17-21-38(34-40)37-18-7-6-8-19-37)62-57(63-56)65-52-29-16-13-26-45(52)47-32-31-46-44-25-12-15-28-51(44)64(53(46)54(47)65)50-27-14-11-24-43(39)50/h6-36,42H,1-5H3. The van der Waals surface area contributed by atoms with Crippen molar-refractivity contribution in [2.75, 3.05) is 0 Å². The first kappa shape index (κ1) is 37.9. The van der Waals surface area contributed by atoms with Crippen LogP contribution in [0.3, 0.4) is 0 Å². The van der Waals surface area contributed by atoms with Gasteiger partial charge in [-0.1, -0.05) is 198 Å². The highest BCUT2D eigenvalue weighted by atomic mass is 15.2. The molecule has 13 rings (SSSR count). The second-order valence-electron chi connectivity index (χ2n) is 19.4. The molecule has 0 amide bonds. The molecule has 0 fully saturated rings. The Morgan fingerprint density at radius 2 is 1.09 bits per heavy atom. The van der Waals surface area contributed by atoms with E-state index < -0.39 is 0 Å². The number of hydrogen-bond donors (Lipinski definition) is 0. The molecule has 3 aliphatic rings. The van der Waals surface area contributed by atoms with Gasteiger partial charge in [-0.25, -0.2) is 4.98 Å². The van der Waals surface area contributed by atoms with Crippen molar-refractivity contribution in [2.24, 2.45) is 11.3 Å². The van der Waals surface area contributed by atoms with Crippen LogP contribution in [0.1, 0.15) is 51.6 Å². The predicted octanol–water partition coefficient (Wildman–Crippen LogP) is 14.8. The van der Waals surface area contributed by atoms with Crippen LogP contribution in [0, 0.1) is 11.3 Å². The first-order valence-electron chi connectivity index (χ1n) is 22.8. The van der Waals surface area contributed by atoms with E-state index in [0.29, 0.717) is 17.6 Å². The molecule has 0 saturated heterocycles. The molecule has 5 heteroatoms. The third-order valence-corrected chi connectivity index (χ3v) is 15.9. The van der Waals surface area contributed by atoms with Crippen LogP contribution in [0.2, 0.25) is 0 Å². The fourth-order valence-corrected chi connectivity index (χ4v) is 12.2. The summed E-state index contributed by atoms with van der Waals surface area (Å²) in [4.78, 5) is 16.6. The zero-order valence-corrected chi connectivity index (χ0v) is 37.2. The second kappa shape index (κ2) is 13.4. The van der Waals surface area contributed by atoms with Gasteiger partial charge in [-0.05, 0) is 68.3 Å². The van der Waals surface area contributed by atoms with Crippen LogP contribution in [0.5, 0.6) is 0 Å². The number of fused-ring (bicyclic) bond motifs is 17. The van der Waals surface area contributed by atoms with E-state index in [1.54, 1.807) is 0 Å². The Morgan fingerprint density at radius 3 is 1.88 bits per heavy atom. The lowest BCUT2D eigenvalue weighted by molar-refractivity contribution is 0.0682. The molecule has 3 aromatic heterocycles. The van der Waals surface area contributed by atoms with Gasteiger partial charge in [-0.3, -0.25) is 4.57 Å². The summed E-state index contributed by atoms with van der Waals surface area (Å²) >= 11 is 0. The van der Waals surface area contributed by atoms with Gasteiger partial charge in [0.15, 0.2) is 11.6 Å². The lowest BCUT2D eigenvalue weighted by atomic mass is 9.52. The number of aromatic nitrogens is 5. The summed E-state index contributed by atoms with van der Waals surface area (Å²) < 4.78 is 4.81. The van der Waals surface area contributed by atoms with Crippen molar-refractivity contribution in [3.8, 4) is 45.3 Å². The summed E-state index contributed by atoms with van der Waals surface area (Å²) in [6.07, 6.45) is 11.4. The summed E-state index contributed by atoms with van der Waals surface area (Å²) in [5.74, 6) is 1.89. The molecular weight excluding hydrogens is 791 g/mol. The van der Waals surface area contributed by atoms with Gasteiger partial charge in [0, 0.05) is 44.2 Å². The molecule has 5 nitrogen and oxygen atoms in total. The van der Waals surface area contributed by atoms with Crippen LogP contribution in [0.25, 0.3) is 94.5 Å². The highest BCUT2D eigenvalue weighted by Gasteiger charge is 2.62. The summed E-state index contributed by atoms with van der Waals surface area (Å²) in [5, 5.41) is 4.65. The van der Waals surface area contributed by atoms with E-state index in [-0.39, 0.29) is 22.2 Å². The Kier molecular flexibility index (Phi) is 7.84. The van der Waals surface area contributed by atoms with Gasteiger partial charge in [-0.2, -0.15) is 9.97 Å². The normalized spacial score (nSPS) is 19.0. The third-order valence-electron chi connectivity index (χ3n) is 15.9. The average molecular weight is 838 g/mol. The molecule has 312 valence electrons. The van der Waals surface area contributed by atoms with Crippen LogP contribution in [0.15, 0.2) is 188 Å². The number of nitrogens with zero attached hydrogens (tertiary/aromatic N) is 5. The topological polar surface area (TPSA) is 48.5 Å². The zero-order valence-electron chi connectivity index (χ0n) is 37.2. The minimum Gasteiger partial charge on any atom is -0.307 e. The fraction of sp³-hybridized carbons (Fsp3) is 0.150. The molecule has 10 aromatic rings. The van der Waals surface area contributed by atoms with E-state index in [9.17, 15) is 0 Å². The van der Waals surface area contributed by atoms with Crippen LogP contribution >= 0.6 is 0 Å². The summed E-state index contributed by atoms with van der Waals surface area (Å²) in [6.45, 7) is 12.3. The number of benzene rings is 7. The van der Waals surface area contributed by atoms with Crippen LogP contribution in [-0.4, -0.2) is 24.1 Å². The quantitative estimate of drug-likeness (QED) is 0.174. The van der Waals surface area contributed by atoms with Crippen LogP contribution in [0.4, 0.5) is 0 Å². The Balaban J connectivity index is 1.22. The molecule has 1 aliphatic heterocycles. The maximum Gasteiger partial charge on any atom is 0.238 e. The first-order chi connectivity index (χ1) is 31.6. The molecule has 0 spiro atoms. The van der Waals surface area contributed by atoms with Crippen molar-refractivity contribution in [3.63, 3.8) is 0 Å². The fourth-order valence-electron chi connectivity index (χ4n) is 12.2. The molecule has 0 saturated carbocycles. The van der Waals surface area contributed by atoms with E-state index in [4.69, 9.17) is 15.0 Å². The molecule has 4 heterocycles. The lowest BCUT2D eigenvalue weighted by Crippen LogP contribution is -2.49. The van der Waals surface area contributed by atoms with Crippen LogP contribution in [-0.2, 0) is 10.8 Å². The molecular formula is C60H47N5. The summed E-state index contributed by atoms with van der Waals surface area (Å²) in [7, 11) is 0. The minimum atomic E-state index is -0.243. The Morgan fingerprint density at radius 1 is 0.462 bits per heavy atom. The zero-order chi connectivity index (χ0) is 43.8. The van der Waals surface area contributed by atoms with E-state index in [1.807, 2.05) is 0 Å². The number of rotatable bonds is 2. The maximum absolute atomic E-state index is 5.60. The second-order valence-corrected chi connectivity index (χ2v) is 19.4. The van der Waals surface area contributed by atoms with Crippen molar-refractivity contribution < 1.29 is 0 Å². The highest BCUT2D eigenvalue weighted by Crippen LogP contribution is 2.66. The monoisotopic (exact) mass is 837 g/mol. The smallest absolute Gasteiger partial charge is 0.238 e. The highest BCUT2D eigenvalue weighted by molar-refractivity contribution is 6.24. The molecule has 0 N–H and O–H groups in total. The number of hydrogen-bond acceptors (Lipinski definition) is 3. The van der Waals surface area contributed by atoms with Gasteiger partial charge in [0.2, 0.25) is 5.95 Å². The van der Waals surface area contributed by atoms with E-state index in [0.717, 1.165) is 60.8 Å². The van der Waals surface area contributed by atoms with Crippen LogP contribution < -0.4 is 0 Å². The van der Waals surface area contributed by atoms with E-state index in [1.165, 1.54) is 33.0 Å². The molecule has 7 aromatic carbocycles. The Hall–Kier alpha value is -7.63. The third kappa shape index (κ3) is 5.12. The SMILES string of the molecule is CC1(C)c2ccc3cc2C(C)(C)C1(C)C1C=CC=CC(=C1)c1nc(-c2cccc(-c4ccccc4)c2)nc(n1)-n1c2ccccc2c2ccc4c5ccccc5n(c4c21)-c1ccccc1-3. The van der Waals surface area contributed by atoms with Crippen molar-refractivity contribution >= 4 is 49.2 Å². The Bertz CT molecular complexity index is 3740. The summed E-state index contributed by atoms with van der Waals surface area (Å²) in [6, 6.07) is 57.6. The molecule has 0 radical (unpaired) electrons. The van der Waals surface area contributed by atoms with Gasteiger partial charge in [0.25, 0.3) is 0 Å². The van der Waals surface area contributed by atoms with E-state index >= 15 is 0 Å². The van der Waals surface area contributed by atoms with Gasteiger partial charge in [0.05, 0.1) is 27.8 Å². The number of allylic oxidation sites excluding steroid dienone is 6. The van der Waals surface area contributed by atoms with Crippen molar-refractivity contribution in [2.45, 2.75) is 45.4 Å². The number of para-hydroxylation sites is 3. The van der Waals surface area contributed by atoms with Crippen molar-refractivity contribution in [1.82, 2.24) is 24.1 Å². The average Bonchev–Trinajstić information content (AvgIpc) is 3.78. The van der Waals surface area contributed by atoms with Gasteiger partial charge < -0.3 is 4.57 Å². The Labute approximate surface area is 378 Å². The van der Waals surface area contributed by atoms with E-state index in [2.05, 4.69) is 232 Å². The maximum atomic E-state index is 5.60. The minimum absolute atomic E-state index is 0.0429. The molecule has 7 bridgehead atoms. The largest absolute Gasteiger partial charge is 0.307 e. The molecule has 2 atom stereocenters. The molecule has 65 heavy (non-hydrogen) atoms. The first-order valence-corrected chi connectivity index (χ1v) is 22.8.